The Balaban J connectivity index is 1.10. The number of unbranched alkanes of at least 4 members (excludes halogenated alkanes) is 4. The molecule has 2 aromatic rings. The van der Waals surface area contributed by atoms with Crippen molar-refractivity contribution in [3.63, 3.8) is 0 Å². The first-order chi connectivity index (χ1) is 16.7. The highest BCUT2D eigenvalue weighted by Crippen LogP contribution is 2.24. The molecule has 2 heterocycles. The Hall–Kier alpha value is -2.29. The molecule has 0 saturated carbocycles. The zero-order valence-corrected chi connectivity index (χ0v) is 21.1. The largest absolute Gasteiger partial charge is 0.478 e. The Morgan fingerprint density at radius 3 is 2.26 bits per heavy atom. The minimum atomic E-state index is 0.227. The van der Waals surface area contributed by atoms with Gasteiger partial charge in [0.25, 0.3) is 0 Å². The van der Waals surface area contributed by atoms with Crippen molar-refractivity contribution in [3.8, 4) is 5.88 Å². The molecule has 0 spiro atoms. The van der Waals surface area contributed by atoms with Crippen LogP contribution in [0.2, 0.25) is 0 Å². The minimum Gasteiger partial charge on any atom is -0.478 e. The van der Waals surface area contributed by atoms with Crippen molar-refractivity contribution in [2.75, 3.05) is 44.4 Å². The van der Waals surface area contributed by atoms with Gasteiger partial charge in [-0.2, -0.15) is 0 Å². The molecule has 0 unspecified atom stereocenters. The number of aldehydes is 2. The molecule has 0 bridgehead atoms. The highest BCUT2D eigenvalue weighted by molar-refractivity contribution is 9.10. The fraction of sp³-hybridized carbons (Fsp3) is 0.500. The number of ether oxygens (including phenoxy) is 3. The summed E-state index contributed by atoms with van der Waals surface area (Å²) in [6.07, 6.45) is 9.71. The van der Waals surface area contributed by atoms with Crippen molar-refractivity contribution in [2.45, 2.75) is 44.6 Å². The third kappa shape index (κ3) is 8.81. The van der Waals surface area contributed by atoms with Gasteiger partial charge in [0.05, 0.1) is 12.7 Å². The maximum atomic E-state index is 11.1. The van der Waals surface area contributed by atoms with E-state index in [-0.39, 0.29) is 6.10 Å². The molecule has 34 heavy (non-hydrogen) atoms. The molecule has 0 amide bonds. The molecule has 1 aromatic heterocycles. The zero-order chi connectivity index (χ0) is 24.0. The minimum absolute atomic E-state index is 0.227. The fourth-order valence-corrected chi connectivity index (χ4v) is 3.90. The molecule has 1 fully saturated rings. The molecule has 1 aromatic carbocycles. The molecule has 184 valence electrons. The number of hydrogen-bond donors (Lipinski definition) is 0. The Kier molecular flexibility index (Phi) is 11.5. The van der Waals surface area contributed by atoms with Crippen molar-refractivity contribution in [1.29, 1.82) is 0 Å². The van der Waals surface area contributed by atoms with Crippen LogP contribution in [0.15, 0.2) is 41.0 Å². The summed E-state index contributed by atoms with van der Waals surface area (Å²) in [7, 11) is 0. The topological polar surface area (TPSA) is 78.0 Å². The SMILES string of the molecule is O=Cc1ccc(N2CC(OCCCCCOCCCCCOc3ccc(Br)cn3)C2)cc1C=O. The lowest BCUT2D eigenvalue weighted by Crippen LogP contribution is -2.52. The predicted octanol–water partition coefficient (Wildman–Crippen LogP) is 5.11. The van der Waals surface area contributed by atoms with E-state index in [0.29, 0.717) is 29.9 Å². The van der Waals surface area contributed by atoms with Crippen LogP contribution in [0.5, 0.6) is 5.88 Å². The molecule has 1 aliphatic rings. The van der Waals surface area contributed by atoms with Crippen LogP contribution < -0.4 is 9.64 Å². The Morgan fingerprint density at radius 2 is 1.59 bits per heavy atom. The number of hydrogen-bond acceptors (Lipinski definition) is 7. The fourth-order valence-electron chi connectivity index (χ4n) is 3.66. The van der Waals surface area contributed by atoms with Crippen LogP contribution in [0.3, 0.4) is 0 Å². The van der Waals surface area contributed by atoms with Crippen LogP contribution in [0, 0.1) is 0 Å². The molecule has 7 nitrogen and oxygen atoms in total. The van der Waals surface area contributed by atoms with Gasteiger partial charge in [-0.15, -0.1) is 0 Å². The molecule has 3 rings (SSSR count). The van der Waals surface area contributed by atoms with E-state index < -0.39 is 0 Å². The average Bonchev–Trinajstić information content (AvgIpc) is 2.83. The Morgan fingerprint density at radius 1 is 0.882 bits per heavy atom. The smallest absolute Gasteiger partial charge is 0.213 e. The first kappa shape index (κ1) is 26.3. The van der Waals surface area contributed by atoms with Crippen LogP contribution >= 0.6 is 15.9 Å². The summed E-state index contributed by atoms with van der Waals surface area (Å²) in [4.78, 5) is 28.4. The van der Waals surface area contributed by atoms with Crippen LogP contribution in [0.1, 0.15) is 59.2 Å². The van der Waals surface area contributed by atoms with Crippen LogP contribution in [0.25, 0.3) is 0 Å². The highest BCUT2D eigenvalue weighted by Gasteiger charge is 2.27. The number of anilines is 1. The van der Waals surface area contributed by atoms with Gasteiger partial charge in [0, 0.05) is 66.5 Å². The molecule has 1 saturated heterocycles. The molecule has 0 aliphatic carbocycles. The molecule has 8 heteroatoms. The summed E-state index contributed by atoms with van der Waals surface area (Å²) in [6, 6.07) is 9.12. The summed E-state index contributed by atoms with van der Waals surface area (Å²) in [5.74, 6) is 0.664. The van der Waals surface area contributed by atoms with Gasteiger partial charge in [-0.1, -0.05) is 0 Å². The van der Waals surface area contributed by atoms with Crippen LogP contribution in [0.4, 0.5) is 5.69 Å². The van der Waals surface area contributed by atoms with E-state index in [4.69, 9.17) is 14.2 Å². The van der Waals surface area contributed by atoms with E-state index >= 15 is 0 Å². The number of aromatic nitrogens is 1. The average molecular weight is 533 g/mol. The first-order valence-corrected chi connectivity index (χ1v) is 12.7. The molecular formula is C26H33BrN2O5. The number of carbonyl (C=O) groups excluding carboxylic acids is 2. The van der Waals surface area contributed by atoms with E-state index in [1.807, 2.05) is 18.2 Å². The lowest BCUT2D eigenvalue weighted by atomic mass is 10.1. The third-order valence-corrected chi connectivity index (χ3v) is 6.18. The van der Waals surface area contributed by atoms with Crippen molar-refractivity contribution in [1.82, 2.24) is 4.98 Å². The van der Waals surface area contributed by atoms with Crippen LogP contribution in [-0.4, -0.2) is 63.2 Å². The summed E-state index contributed by atoms with van der Waals surface area (Å²) in [6.45, 7) is 4.66. The molecular weight excluding hydrogens is 500 g/mol. The monoisotopic (exact) mass is 532 g/mol. The molecule has 0 atom stereocenters. The first-order valence-electron chi connectivity index (χ1n) is 11.9. The normalized spacial score (nSPS) is 13.5. The molecule has 1 aliphatic heterocycles. The van der Waals surface area contributed by atoms with E-state index in [9.17, 15) is 9.59 Å². The van der Waals surface area contributed by atoms with E-state index in [2.05, 4.69) is 25.8 Å². The quantitative estimate of drug-likeness (QED) is 0.207. The van der Waals surface area contributed by atoms with Gasteiger partial charge in [0.1, 0.15) is 0 Å². The second-order valence-electron chi connectivity index (χ2n) is 8.34. The Bertz CT molecular complexity index is 887. The number of nitrogens with zero attached hydrogens (tertiary/aromatic N) is 2. The van der Waals surface area contributed by atoms with Gasteiger partial charge in [0.2, 0.25) is 5.88 Å². The van der Waals surface area contributed by atoms with Crippen molar-refractivity contribution in [2.24, 2.45) is 0 Å². The van der Waals surface area contributed by atoms with Crippen molar-refractivity contribution < 1.29 is 23.8 Å². The number of pyridine rings is 1. The second kappa shape index (κ2) is 14.9. The van der Waals surface area contributed by atoms with E-state index in [0.717, 1.165) is 87.9 Å². The lowest BCUT2D eigenvalue weighted by molar-refractivity contribution is 0.0309. The van der Waals surface area contributed by atoms with Gasteiger partial charge < -0.3 is 19.1 Å². The standard InChI is InChI=1S/C26H33BrN2O5/c27-23-8-10-26(28-16-23)34-14-6-2-4-12-32-11-3-1-5-13-33-25-17-29(18-25)24-9-7-21(19-30)22(15-24)20-31/h7-10,15-16,19-20,25H,1-6,11-14,17-18H2. The maximum absolute atomic E-state index is 11.1. The number of benzene rings is 1. The lowest BCUT2D eigenvalue weighted by Gasteiger charge is -2.40. The Labute approximate surface area is 209 Å². The zero-order valence-electron chi connectivity index (χ0n) is 19.5. The molecule has 0 N–H and O–H groups in total. The summed E-state index contributed by atoms with van der Waals surface area (Å²) < 4.78 is 18.2. The summed E-state index contributed by atoms with van der Waals surface area (Å²) in [5, 5.41) is 0. The third-order valence-electron chi connectivity index (χ3n) is 5.71. The number of carbonyl (C=O) groups is 2. The van der Waals surface area contributed by atoms with Gasteiger partial charge in [-0.05, 0) is 78.7 Å². The number of rotatable bonds is 17. The van der Waals surface area contributed by atoms with E-state index in [1.165, 1.54) is 0 Å². The summed E-state index contributed by atoms with van der Waals surface area (Å²) in [5.41, 5.74) is 1.82. The molecule has 0 radical (unpaired) electrons. The number of halogens is 1. The van der Waals surface area contributed by atoms with Crippen molar-refractivity contribution in [3.05, 3.63) is 52.1 Å². The van der Waals surface area contributed by atoms with Gasteiger partial charge in [-0.25, -0.2) is 4.98 Å². The van der Waals surface area contributed by atoms with Gasteiger partial charge in [-0.3, -0.25) is 9.59 Å². The van der Waals surface area contributed by atoms with Gasteiger partial charge >= 0.3 is 0 Å². The summed E-state index contributed by atoms with van der Waals surface area (Å²) >= 11 is 3.36. The van der Waals surface area contributed by atoms with Crippen LogP contribution in [-0.2, 0) is 9.47 Å². The van der Waals surface area contributed by atoms with Crippen molar-refractivity contribution >= 4 is 34.2 Å². The predicted molar refractivity (Wildman–Crippen MR) is 135 cm³/mol. The van der Waals surface area contributed by atoms with Gasteiger partial charge in [0.15, 0.2) is 12.6 Å². The second-order valence-corrected chi connectivity index (χ2v) is 9.26. The van der Waals surface area contributed by atoms with E-state index in [1.54, 1.807) is 18.3 Å². The maximum Gasteiger partial charge on any atom is 0.213 e. The highest BCUT2D eigenvalue weighted by atomic mass is 79.9.